The topological polar surface area (TPSA) is 120 Å². The Hall–Kier alpha value is -4.96. The number of hydrogen-bond acceptors (Lipinski definition) is 5. The number of amides is 4. The van der Waals surface area contributed by atoms with E-state index in [4.69, 9.17) is 5.10 Å². The fraction of sp³-hybridized carbons (Fsp3) is 0.385. The van der Waals surface area contributed by atoms with Crippen LogP contribution in [0.5, 0.6) is 0 Å². The van der Waals surface area contributed by atoms with E-state index < -0.39 is 12.1 Å². The van der Waals surface area contributed by atoms with Gasteiger partial charge in [-0.3, -0.25) is 9.59 Å². The minimum atomic E-state index is -0.425. The van der Waals surface area contributed by atoms with Gasteiger partial charge in [0.05, 0.1) is 23.9 Å². The van der Waals surface area contributed by atoms with Crippen LogP contribution in [-0.2, 0) is 19.5 Å². The minimum Gasteiger partial charge on any atom is -0.394 e. The second-order valence-electron chi connectivity index (χ2n) is 12.9. The molecule has 4 aromatic rings. The summed E-state index contributed by atoms with van der Waals surface area (Å²) in [5.41, 5.74) is 6.44. The zero-order valence-corrected chi connectivity index (χ0v) is 29.0. The fourth-order valence-electron chi connectivity index (χ4n) is 6.29. The van der Waals surface area contributed by atoms with E-state index in [9.17, 15) is 19.5 Å². The molecular formula is C39H48N6O4. The molecule has 10 nitrogen and oxygen atoms in total. The summed E-state index contributed by atoms with van der Waals surface area (Å²) >= 11 is 0. The predicted octanol–water partition coefficient (Wildman–Crippen LogP) is 6.41. The van der Waals surface area contributed by atoms with Crippen molar-refractivity contribution in [1.29, 1.82) is 0 Å². The quantitative estimate of drug-likeness (QED) is 0.153. The van der Waals surface area contributed by atoms with Crippen LogP contribution in [0.2, 0.25) is 0 Å². The van der Waals surface area contributed by atoms with Gasteiger partial charge >= 0.3 is 6.03 Å². The van der Waals surface area contributed by atoms with Gasteiger partial charge in [0.25, 0.3) is 11.8 Å². The zero-order chi connectivity index (χ0) is 34.9. The van der Waals surface area contributed by atoms with E-state index in [1.54, 1.807) is 33.8 Å². The summed E-state index contributed by atoms with van der Waals surface area (Å²) in [6.45, 7) is 9.88. The molecule has 2 heterocycles. The highest BCUT2D eigenvalue weighted by atomic mass is 16.3. The van der Waals surface area contributed by atoms with Crippen molar-refractivity contribution < 1.29 is 19.5 Å². The van der Waals surface area contributed by atoms with Crippen molar-refractivity contribution in [3.8, 4) is 5.69 Å². The van der Waals surface area contributed by atoms with Crippen molar-refractivity contribution in [1.82, 2.24) is 24.9 Å². The largest absolute Gasteiger partial charge is 0.394 e. The van der Waals surface area contributed by atoms with Crippen LogP contribution in [0.3, 0.4) is 0 Å². The van der Waals surface area contributed by atoms with Crippen LogP contribution in [-0.4, -0.2) is 68.3 Å². The zero-order valence-electron chi connectivity index (χ0n) is 29.0. The number of rotatable bonds is 13. The molecular weight excluding hydrogens is 616 g/mol. The van der Waals surface area contributed by atoms with Gasteiger partial charge in [-0.15, -0.1) is 0 Å². The van der Waals surface area contributed by atoms with Crippen LogP contribution >= 0.6 is 0 Å². The van der Waals surface area contributed by atoms with Crippen molar-refractivity contribution in [2.24, 2.45) is 0 Å². The molecule has 1 aliphatic heterocycles. The number of hydrogen-bond donors (Lipinski definition) is 3. The molecule has 3 aromatic carbocycles. The van der Waals surface area contributed by atoms with Gasteiger partial charge in [0, 0.05) is 37.6 Å². The smallest absolute Gasteiger partial charge is 0.319 e. The number of nitrogens with one attached hydrogen (secondary N) is 2. The summed E-state index contributed by atoms with van der Waals surface area (Å²) in [6.07, 6.45) is 4.31. The van der Waals surface area contributed by atoms with E-state index in [0.29, 0.717) is 60.9 Å². The van der Waals surface area contributed by atoms with Crippen molar-refractivity contribution in [2.45, 2.75) is 78.9 Å². The predicted molar refractivity (Wildman–Crippen MR) is 192 cm³/mol. The molecule has 0 radical (unpaired) electrons. The molecule has 1 atom stereocenters. The Morgan fingerprint density at radius 2 is 1.65 bits per heavy atom. The number of aryl methyl sites for hydroxylation is 2. The maximum atomic E-state index is 14.5. The molecule has 0 saturated carbocycles. The molecule has 0 aliphatic carbocycles. The highest BCUT2D eigenvalue weighted by Crippen LogP contribution is 2.29. The first-order valence-electron chi connectivity index (χ1n) is 17.3. The Kier molecular flexibility index (Phi) is 11.9. The summed E-state index contributed by atoms with van der Waals surface area (Å²) in [6, 6.07) is 21.9. The standard InChI is InChI=1S/C39H48N6O4/c1-5-7-18-43(19-8-6-2)38(48)35-21-28(4)45(42-35)36-17-16-32(41-39(49)40-24-29-13-11-12-27(3)20-29)23-34(36)37(47)44-25-31-15-10-9-14-30(31)22-33(44)26-46/h9-17,20-21,23,33,46H,5-8,18-19,22,24-26H2,1-4H3,(H2,40,41,49)/t33-/m0/s1. The van der Waals surface area contributed by atoms with E-state index in [1.165, 1.54) is 0 Å². The number of aromatic nitrogens is 2. The van der Waals surface area contributed by atoms with Crippen LogP contribution in [0.25, 0.3) is 5.69 Å². The summed E-state index contributed by atoms with van der Waals surface area (Å²) in [5, 5.41) is 20.9. The average molecular weight is 665 g/mol. The maximum Gasteiger partial charge on any atom is 0.319 e. The lowest BCUT2D eigenvalue weighted by Crippen LogP contribution is -2.46. The van der Waals surface area contributed by atoms with Crippen molar-refractivity contribution in [3.05, 3.63) is 112 Å². The Balaban J connectivity index is 1.48. The van der Waals surface area contributed by atoms with Gasteiger partial charge < -0.3 is 25.5 Å². The molecule has 10 heteroatoms. The molecule has 1 aliphatic rings. The average Bonchev–Trinajstić information content (AvgIpc) is 3.50. The highest BCUT2D eigenvalue weighted by Gasteiger charge is 2.32. The third-order valence-corrected chi connectivity index (χ3v) is 9.03. The summed E-state index contributed by atoms with van der Waals surface area (Å²) in [5.74, 6) is -0.434. The molecule has 0 fully saturated rings. The monoisotopic (exact) mass is 664 g/mol. The Labute approximate surface area is 289 Å². The SMILES string of the molecule is CCCCN(CCCC)C(=O)c1cc(C)n(-c2ccc(NC(=O)NCc3cccc(C)c3)cc2C(=O)N2Cc3ccccc3C[C@H]2CO)n1. The van der Waals surface area contributed by atoms with E-state index >= 15 is 0 Å². The summed E-state index contributed by atoms with van der Waals surface area (Å²) < 4.78 is 1.63. The number of unbranched alkanes of at least 4 members (excludes halogenated alkanes) is 2. The number of aliphatic hydroxyl groups excluding tert-OH is 1. The van der Waals surface area contributed by atoms with E-state index in [0.717, 1.165) is 47.9 Å². The van der Waals surface area contributed by atoms with Crippen LogP contribution in [0.15, 0.2) is 72.8 Å². The maximum absolute atomic E-state index is 14.5. The highest BCUT2D eigenvalue weighted by molar-refractivity contribution is 6.00. The third kappa shape index (κ3) is 8.56. The number of aliphatic hydroxyl groups is 1. The molecule has 1 aromatic heterocycles. The first-order chi connectivity index (χ1) is 23.7. The Morgan fingerprint density at radius 1 is 0.918 bits per heavy atom. The van der Waals surface area contributed by atoms with Gasteiger partial charge in [0.1, 0.15) is 0 Å². The Morgan fingerprint density at radius 3 is 2.35 bits per heavy atom. The number of fused-ring (bicyclic) bond motifs is 1. The van der Waals surface area contributed by atoms with Gasteiger partial charge in [-0.1, -0.05) is 80.8 Å². The molecule has 0 spiro atoms. The molecule has 4 amide bonds. The lowest BCUT2D eigenvalue weighted by atomic mass is 9.93. The fourth-order valence-corrected chi connectivity index (χ4v) is 6.29. The van der Waals surface area contributed by atoms with Gasteiger partial charge in [-0.2, -0.15) is 5.10 Å². The molecule has 3 N–H and O–H groups in total. The first-order valence-corrected chi connectivity index (χ1v) is 17.3. The summed E-state index contributed by atoms with van der Waals surface area (Å²) in [4.78, 5) is 44.7. The van der Waals surface area contributed by atoms with Crippen molar-refractivity contribution in [2.75, 3.05) is 25.0 Å². The van der Waals surface area contributed by atoms with Crippen molar-refractivity contribution in [3.63, 3.8) is 0 Å². The van der Waals surface area contributed by atoms with Crippen LogP contribution < -0.4 is 10.6 Å². The van der Waals surface area contributed by atoms with Gasteiger partial charge in [0.15, 0.2) is 5.69 Å². The number of urea groups is 1. The van der Waals surface area contributed by atoms with E-state index in [2.05, 4.69) is 24.5 Å². The van der Waals surface area contributed by atoms with E-state index in [1.807, 2.05) is 67.3 Å². The number of anilines is 1. The lowest BCUT2D eigenvalue weighted by Gasteiger charge is -2.36. The molecule has 0 unspecified atom stereocenters. The second kappa shape index (κ2) is 16.4. The summed E-state index contributed by atoms with van der Waals surface area (Å²) in [7, 11) is 0. The first kappa shape index (κ1) is 35.3. The number of carbonyl (C=O) groups is 3. The second-order valence-corrected chi connectivity index (χ2v) is 12.9. The number of nitrogens with zero attached hydrogens (tertiary/aromatic N) is 4. The van der Waals surface area contributed by atoms with Gasteiger partial charge in [0.2, 0.25) is 0 Å². The molecule has 258 valence electrons. The minimum absolute atomic E-state index is 0.131. The molecule has 0 bridgehead atoms. The van der Waals surface area contributed by atoms with E-state index in [-0.39, 0.29) is 18.4 Å². The number of carbonyl (C=O) groups excluding carboxylic acids is 3. The van der Waals surface area contributed by atoms with Gasteiger partial charge in [-0.05, 0) is 74.1 Å². The molecule has 5 rings (SSSR count). The number of benzene rings is 3. The normalized spacial score (nSPS) is 13.9. The van der Waals surface area contributed by atoms with Crippen LogP contribution in [0, 0.1) is 13.8 Å². The molecule has 49 heavy (non-hydrogen) atoms. The van der Waals surface area contributed by atoms with Crippen LogP contribution in [0.1, 0.15) is 88.3 Å². The van der Waals surface area contributed by atoms with Crippen molar-refractivity contribution >= 4 is 23.5 Å². The van der Waals surface area contributed by atoms with Crippen LogP contribution in [0.4, 0.5) is 10.5 Å². The van der Waals surface area contributed by atoms with Gasteiger partial charge in [-0.25, -0.2) is 9.48 Å². The molecule has 0 saturated heterocycles. The lowest BCUT2D eigenvalue weighted by molar-refractivity contribution is 0.0544. The third-order valence-electron chi connectivity index (χ3n) is 9.03. The Bertz CT molecular complexity index is 1770.